The minimum absolute atomic E-state index is 0.218. The number of hydrogen-bond donors (Lipinski definition) is 1. The molecule has 2 fully saturated rings. The topological polar surface area (TPSA) is 61.4 Å². The third-order valence-electron chi connectivity index (χ3n) is 5.21. The number of likely N-dealkylation sites (tertiary alicyclic amines) is 1. The summed E-state index contributed by atoms with van der Waals surface area (Å²) >= 11 is 6.17. The molecule has 0 saturated carbocycles. The number of halogens is 1. The first kappa shape index (κ1) is 18.4. The van der Waals surface area contributed by atoms with E-state index in [0.717, 1.165) is 44.9 Å². The maximum atomic E-state index is 12.6. The van der Waals surface area contributed by atoms with Gasteiger partial charge in [-0.25, -0.2) is 9.97 Å². The minimum atomic E-state index is -0.218. The van der Waals surface area contributed by atoms with Crippen LogP contribution in [-0.2, 0) is 0 Å². The highest BCUT2D eigenvalue weighted by molar-refractivity contribution is 6.33. The SMILES string of the molecule is C[C@H]1CCCN([C@H](C)CNC(=O)c2nc(N3CCCC3)ncc2Cl)C1. The molecular formula is C18H28ClN5O. The van der Waals surface area contributed by atoms with E-state index in [1.807, 2.05) is 0 Å². The molecular weight excluding hydrogens is 338 g/mol. The molecule has 2 saturated heterocycles. The number of rotatable bonds is 5. The molecule has 2 aliphatic heterocycles. The van der Waals surface area contributed by atoms with Gasteiger partial charge >= 0.3 is 0 Å². The summed E-state index contributed by atoms with van der Waals surface area (Å²) in [4.78, 5) is 25.8. The second kappa shape index (κ2) is 8.32. The Morgan fingerprint density at radius 1 is 1.36 bits per heavy atom. The van der Waals surface area contributed by atoms with Gasteiger partial charge in [-0.05, 0) is 45.1 Å². The third-order valence-corrected chi connectivity index (χ3v) is 5.48. The Kier molecular flexibility index (Phi) is 6.12. The first-order valence-corrected chi connectivity index (χ1v) is 9.72. The van der Waals surface area contributed by atoms with Crippen molar-refractivity contribution < 1.29 is 4.79 Å². The van der Waals surface area contributed by atoms with Gasteiger partial charge in [0, 0.05) is 32.2 Å². The van der Waals surface area contributed by atoms with E-state index in [0.29, 0.717) is 23.6 Å². The predicted octanol–water partition coefficient (Wildman–Crippen LogP) is 2.58. The van der Waals surface area contributed by atoms with Gasteiger partial charge in [-0.3, -0.25) is 9.69 Å². The van der Waals surface area contributed by atoms with Crippen molar-refractivity contribution in [3.05, 3.63) is 16.9 Å². The predicted molar refractivity (Wildman–Crippen MR) is 100 cm³/mol. The normalized spacial score (nSPS) is 22.8. The Morgan fingerprint density at radius 3 is 2.84 bits per heavy atom. The largest absolute Gasteiger partial charge is 0.349 e. The molecule has 0 radical (unpaired) electrons. The number of hydrogen-bond acceptors (Lipinski definition) is 5. The molecule has 0 aliphatic carbocycles. The van der Waals surface area contributed by atoms with E-state index in [1.54, 1.807) is 0 Å². The van der Waals surface area contributed by atoms with Gasteiger partial charge in [-0.2, -0.15) is 0 Å². The van der Waals surface area contributed by atoms with Crippen LogP contribution in [0.25, 0.3) is 0 Å². The molecule has 25 heavy (non-hydrogen) atoms. The van der Waals surface area contributed by atoms with Crippen LogP contribution in [0.3, 0.4) is 0 Å². The Hall–Kier alpha value is -1.40. The summed E-state index contributed by atoms with van der Waals surface area (Å²) < 4.78 is 0. The van der Waals surface area contributed by atoms with Crippen molar-refractivity contribution in [1.82, 2.24) is 20.2 Å². The van der Waals surface area contributed by atoms with E-state index in [4.69, 9.17) is 11.6 Å². The second-order valence-electron chi connectivity index (χ2n) is 7.36. The van der Waals surface area contributed by atoms with Crippen LogP contribution in [-0.4, -0.2) is 59.5 Å². The summed E-state index contributed by atoms with van der Waals surface area (Å²) in [5.41, 5.74) is 0.276. The first-order chi connectivity index (χ1) is 12.0. The number of piperidine rings is 1. The number of carbonyl (C=O) groups excluding carboxylic acids is 1. The highest BCUT2D eigenvalue weighted by Gasteiger charge is 2.23. The Balaban J connectivity index is 1.59. The number of amides is 1. The van der Waals surface area contributed by atoms with Crippen LogP contribution >= 0.6 is 11.6 Å². The van der Waals surface area contributed by atoms with E-state index < -0.39 is 0 Å². The van der Waals surface area contributed by atoms with Crippen molar-refractivity contribution in [2.24, 2.45) is 5.92 Å². The van der Waals surface area contributed by atoms with Gasteiger partial charge in [-0.1, -0.05) is 18.5 Å². The van der Waals surface area contributed by atoms with Gasteiger partial charge in [0.05, 0.1) is 11.2 Å². The zero-order valence-electron chi connectivity index (χ0n) is 15.2. The molecule has 2 atom stereocenters. The zero-order chi connectivity index (χ0) is 17.8. The molecule has 0 aromatic carbocycles. The fourth-order valence-electron chi connectivity index (χ4n) is 3.67. The Morgan fingerprint density at radius 2 is 2.12 bits per heavy atom. The smallest absolute Gasteiger partial charge is 0.271 e. The highest BCUT2D eigenvalue weighted by atomic mass is 35.5. The number of nitrogens with zero attached hydrogens (tertiary/aromatic N) is 4. The van der Waals surface area contributed by atoms with Crippen LogP contribution in [0.1, 0.15) is 50.0 Å². The minimum Gasteiger partial charge on any atom is -0.349 e. The van der Waals surface area contributed by atoms with Crippen LogP contribution in [0.4, 0.5) is 5.95 Å². The third kappa shape index (κ3) is 4.61. The highest BCUT2D eigenvalue weighted by Crippen LogP contribution is 2.20. The number of anilines is 1. The van der Waals surface area contributed by atoms with Gasteiger partial charge in [0.2, 0.25) is 5.95 Å². The van der Waals surface area contributed by atoms with Crippen molar-refractivity contribution in [3.8, 4) is 0 Å². The standard InChI is InChI=1S/C18H28ClN5O/c1-13-6-5-9-24(12-13)14(2)10-20-17(25)16-15(19)11-21-18(22-16)23-7-3-4-8-23/h11,13-14H,3-10,12H2,1-2H3,(H,20,25)/t13-,14+/m0/s1. The average Bonchev–Trinajstić information content (AvgIpc) is 3.14. The molecule has 0 spiro atoms. The molecule has 2 aliphatic rings. The van der Waals surface area contributed by atoms with Crippen LogP contribution in [0.2, 0.25) is 5.02 Å². The van der Waals surface area contributed by atoms with Crippen molar-refractivity contribution in [2.75, 3.05) is 37.6 Å². The van der Waals surface area contributed by atoms with Crippen molar-refractivity contribution in [1.29, 1.82) is 0 Å². The van der Waals surface area contributed by atoms with Crippen LogP contribution in [0, 0.1) is 5.92 Å². The summed E-state index contributed by atoms with van der Waals surface area (Å²) in [7, 11) is 0. The van der Waals surface area contributed by atoms with E-state index >= 15 is 0 Å². The van der Waals surface area contributed by atoms with Crippen molar-refractivity contribution >= 4 is 23.5 Å². The zero-order valence-corrected chi connectivity index (χ0v) is 15.9. The quantitative estimate of drug-likeness (QED) is 0.869. The lowest BCUT2D eigenvalue weighted by Gasteiger charge is -2.35. The second-order valence-corrected chi connectivity index (χ2v) is 7.77. The molecule has 1 N–H and O–H groups in total. The van der Waals surface area contributed by atoms with Crippen LogP contribution in [0.15, 0.2) is 6.20 Å². The maximum absolute atomic E-state index is 12.6. The Labute approximate surface area is 155 Å². The number of carbonyl (C=O) groups is 1. The van der Waals surface area contributed by atoms with Gasteiger partial charge in [-0.15, -0.1) is 0 Å². The molecule has 7 heteroatoms. The molecule has 138 valence electrons. The van der Waals surface area contributed by atoms with Gasteiger partial charge in [0.15, 0.2) is 5.69 Å². The maximum Gasteiger partial charge on any atom is 0.271 e. The van der Waals surface area contributed by atoms with E-state index in [-0.39, 0.29) is 11.6 Å². The lowest BCUT2D eigenvalue weighted by Crippen LogP contribution is -2.46. The first-order valence-electron chi connectivity index (χ1n) is 9.34. The lowest BCUT2D eigenvalue weighted by molar-refractivity contribution is 0.0913. The molecule has 1 aromatic heterocycles. The fourth-order valence-corrected chi connectivity index (χ4v) is 3.84. The summed E-state index contributed by atoms with van der Waals surface area (Å²) in [6, 6.07) is 0.311. The Bertz CT molecular complexity index is 605. The number of nitrogens with one attached hydrogen (secondary N) is 1. The molecule has 3 heterocycles. The number of aromatic nitrogens is 2. The van der Waals surface area contributed by atoms with Gasteiger partial charge in [0.1, 0.15) is 0 Å². The van der Waals surface area contributed by atoms with Crippen LogP contribution < -0.4 is 10.2 Å². The molecule has 3 rings (SSSR count). The summed E-state index contributed by atoms with van der Waals surface area (Å²) in [6.07, 6.45) is 6.34. The van der Waals surface area contributed by atoms with Crippen molar-refractivity contribution in [2.45, 2.75) is 45.6 Å². The monoisotopic (exact) mass is 365 g/mol. The van der Waals surface area contributed by atoms with E-state index in [2.05, 4.69) is 38.9 Å². The average molecular weight is 366 g/mol. The molecule has 1 amide bonds. The van der Waals surface area contributed by atoms with Gasteiger partial charge < -0.3 is 10.2 Å². The lowest BCUT2D eigenvalue weighted by atomic mass is 9.99. The summed E-state index contributed by atoms with van der Waals surface area (Å²) in [5.74, 6) is 1.11. The summed E-state index contributed by atoms with van der Waals surface area (Å²) in [6.45, 7) is 9.14. The molecule has 6 nitrogen and oxygen atoms in total. The van der Waals surface area contributed by atoms with E-state index in [9.17, 15) is 4.79 Å². The summed E-state index contributed by atoms with van der Waals surface area (Å²) in [5, 5.41) is 3.30. The van der Waals surface area contributed by atoms with Gasteiger partial charge in [0.25, 0.3) is 5.91 Å². The van der Waals surface area contributed by atoms with E-state index in [1.165, 1.54) is 19.0 Å². The van der Waals surface area contributed by atoms with Crippen molar-refractivity contribution in [3.63, 3.8) is 0 Å². The van der Waals surface area contributed by atoms with Crippen LogP contribution in [0.5, 0.6) is 0 Å². The fraction of sp³-hybridized carbons (Fsp3) is 0.722. The molecule has 0 bridgehead atoms. The molecule has 0 unspecified atom stereocenters. The molecule has 1 aromatic rings.